The van der Waals surface area contributed by atoms with Crippen LogP contribution in [0.4, 0.5) is 0 Å². The first-order chi connectivity index (χ1) is 13.9. The highest BCUT2D eigenvalue weighted by Gasteiger charge is 2.25. The fraction of sp³-hybridized carbons (Fsp3) is 0.391. The molecule has 0 aliphatic carbocycles. The number of carbonyl (C=O) groups excluding carboxylic acids is 2. The molecule has 0 saturated heterocycles. The maximum Gasteiger partial charge on any atom is 0.328 e. The highest BCUT2D eigenvalue weighted by Crippen LogP contribution is 2.17. The van der Waals surface area contributed by atoms with Crippen LogP contribution >= 0.6 is 0 Å². The summed E-state index contributed by atoms with van der Waals surface area (Å²) in [7, 11) is 1.27. The average Bonchev–Trinajstić information content (AvgIpc) is 2.71. The molecule has 2 rings (SSSR count). The Balaban J connectivity index is 2.02. The first-order valence-corrected chi connectivity index (χ1v) is 9.71. The van der Waals surface area contributed by atoms with Gasteiger partial charge in [-0.15, -0.1) is 0 Å². The fourth-order valence-electron chi connectivity index (χ4n) is 2.90. The van der Waals surface area contributed by atoms with Crippen LogP contribution < -0.4 is 10.1 Å². The minimum absolute atomic E-state index is 0.158. The van der Waals surface area contributed by atoms with Gasteiger partial charge in [-0.3, -0.25) is 4.79 Å². The molecule has 2 N–H and O–H groups in total. The van der Waals surface area contributed by atoms with Crippen LogP contribution in [0.15, 0.2) is 54.6 Å². The van der Waals surface area contributed by atoms with Gasteiger partial charge < -0.3 is 19.9 Å². The molecule has 2 atom stereocenters. The number of aliphatic hydroxyl groups excluding tert-OH is 1. The highest BCUT2D eigenvalue weighted by molar-refractivity contribution is 5.87. The van der Waals surface area contributed by atoms with Gasteiger partial charge in [0.15, 0.2) is 0 Å². The zero-order valence-electron chi connectivity index (χ0n) is 17.1. The minimum atomic E-state index is -1.16. The van der Waals surface area contributed by atoms with E-state index in [2.05, 4.69) is 5.32 Å². The summed E-state index contributed by atoms with van der Waals surface area (Å²) in [5.74, 6) is -0.316. The van der Waals surface area contributed by atoms with Crippen LogP contribution in [0.25, 0.3) is 0 Å². The summed E-state index contributed by atoms with van der Waals surface area (Å²) in [4.78, 5) is 24.4. The Bertz CT molecular complexity index is 791. The number of methoxy groups -OCH3 is 1. The third-order valence-electron chi connectivity index (χ3n) is 4.39. The predicted octanol–water partition coefficient (Wildman–Crippen LogP) is 2.87. The molecular formula is C23H29NO5. The largest absolute Gasteiger partial charge is 0.489 e. The molecule has 0 unspecified atom stereocenters. The lowest BCUT2D eigenvalue weighted by molar-refractivity contribution is -0.146. The Morgan fingerprint density at radius 2 is 1.72 bits per heavy atom. The van der Waals surface area contributed by atoms with Crippen LogP contribution in [0.1, 0.15) is 31.4 Å². The summed E-state index contributed by atoms with van der Waals surface area (Å²) in [6.07, 6.45) is -0.611. The summed E-state index contributed by atoms with van der Waals surface area (Å²) in [6, 6.07) is 16.3. The van der Waals surface area contributed by atoms with Crippen LogP contribution in [0, 0.1) is 5.92 Å². The van der Waals surface area contributed by atoms with Crippen molar-refractivity contribution in [2.75, 3.05) is 7.11 Å². The van der Waals surface area contributed by atoms with Crippen LogP contribution in [-0.2, 0) is 27.4 Å². The van der Waals surface area contributed by atoms with Gasteiger partial charge in [0.05, 0.1) is 7.11 Å². The topological polar surface area (TPSA) is 84.9 Å². The zero-order chi connectivity index (χ0) is 21.2. The highest BCUT2D eigenvalue weighted by atomic mass is 16.5. The third-order valence-corrected chi connectivity index (χ3v) is 4.39. The molecule has 0 fully saturated rings. The van der Waals surface area contributed by atoms with Crippen molar-refractivity contribution < 1.29 is 24.2 Å². The summed E-state index contributed by atoms with van der Waals surface area (Å²) in [5.41, 5.74) is 1.86. The molecule has 1 amide bonds. The fourth-order valence-corrected chi connectivity index (χ4v) is 2.90. The van der Waals surface area contributed by atoms with E-state index in [9.17, 15) is 14.7 Å². The van der Waals surface area contributed by atoms with E-state index in [0.717, 1.165) is 11.1 Å². The lowest BCUT2D eigenvalue weighted by atomic mass is 10.0. The SMILES string of the molecule is COC(=O)[C@@H](Cc1cccc(OCc2ccccc2)c1)NC(=O)[C@@H](O)CC(C)C. The van der Waals surface area contributed by atoms with Gasteiger partial charge in [-0.2, -0.15) is 0 Å². The Morgan fingerprint density at radius 3 is 2.38 bits per heavy atom. The number of rotatable bonds is 10. The molecule has 156 valence electrons. The normalized spacial score (nSPS) is 12.9. The van der Waals surface area contributed by atoms with Gasteiger partial charge in [-0.05, 0) is 35.6 Å². The van der Waals surface area contributed by atoms with Gasteiger partial charge in [0.25, 0.3) is 0 Å². The quantitative estimate of drug-likeness (QED) is 0.600. The first-order valence-electron chi connectivity index (χ1n) is 9.71. The monoisotopic (exact) mass is 399 g/mol. The van der Waals surface area contributed by atoms with Crippen molar-refractivity contribution >= 4 is 11.9 Å². The molecule has 0 aromatic heterocycles. The Hall–Kier alpha value is -2.86. The van der Waals surface area contributed by atoms with Crippen molar-refractivity contribution in [1.29, 1.82) is 0 Å². The predicted molar refractivity (Wildman–Crippen MR) is 110 cm³/mol. The second-order valence-corrected chi connectivity index (χ2v) is 7.36. The van der Waals surface area contributed by atoms with E-state index in [-0.39, 0.29) is 12.3 Å². The van der Waals surface area contributed by atoms with Gasteiger partial charge in [0, 0.05) is 6.42 Å². The number of nitrogens with one attached hydrogen (secondary N) is 1. The maximum absolute atomic E-state index is 12.2. The Labute approximate surface area is 171 Å². The van der Waals surface area contributed by atoms with Crippen molar-refractivity contribution in [2.45, 2.75) is 45.4 Å². The molecule has 6 heteroatoms. The number of hydrogen-bond donors (Lipinski definition) is 2. The molecule has 0 bridgehead atoms. The third kappa shape index (κ3) is 7.58. The van der Waals surface area contributed by atoms with E-state index in [1.807, 2.05) is 68.4 Å². The van der Waals surface area contributed by atoms with Crippen molar-refractivity contribution in [1.82, 2.24) is 5.32 Å². The number of amides is 1. The number of esters is 1. The van der Waals surface area contributed by atoms with Crippen molar-refractivity contribution in [3.63, 3.8) is 0 Å². The van der Waals surface area contributed by atoms with Gasteiger partial charge in [0.1, 0.15) is 24.5 Å². The molecule has 29 heavy (non-hydrogen) atoms. The second kappa shape index (κ2) is 11.2. The van der Waals surface area contributed by atoms with Gasteiger partial charge in [-0.1, -0.05) is 56.3 Å². The molecule has 0 aliphatic rings. The molecule has 6 nitrogen and oxygen atoms in total. The van der Waals surface area contributed by atoms with Gasteiger partial charge in [0.2, 0.25) is 5.91 Å². The van der Waals surface area contributed by atoms with Crippen LogP contribution in [0.2, 0.25) is 0 Å². The molecule has 2 aromatic carbocycles. The average molecular weight is 399 g/mol. The molecule has 0 radical (unpaired) electrons. The summed E-state index contributed by atoms with van der Waals surface area (Å²) in [5, 5.41) is 12.6. The Morgan fingerprint density at radius 1 is 1.03 bits per heavy atom. The second-order valence-electron chi connectivity index (χ2n) is 7.36. The van der Waals surface area contributed by atoms with Gasteiger partial charge in [-0.25, -0.2) is 4.79 Å². The first kappa shape index (κ1) is 22.4. The summed E-state index contributed by atoms with van der Waals surface area (Å²) in [6.45, 7) is 4.26. The van der Waals surface area contributed by atoms with E-state index in [0.29, 0.717) is 18.8 Å². The van der Waals surface area contributed by atoms with Crippen LogP contribution in [0.5, 0.6) is 5.75 Å². The molecule has 2 aromatic rings. The van der Waals surface area contributed by atoms with Crippen molar-refractivity contribution in [3.8, 4) is 5.75 Å². The molecule has 0 saturated carbocycles. The van der Waals surface area contributed by atoms with Gasteiger partial charge >= 0.3 is 5.97 Å². The molecule has 0 spiro atoms. The minimum Gasteiger partial charge on any atom is -0.489 e. The van der Waals surface area contributed by atoms with Crippen molar-refractivity contribution in [3.05, 3.63) is 65.7 Å². The van der Waals surface area contributed by atoms with E-state index >= 15 is 0 Å². The van der Waals surface area contributed by atoms with E-state index < -0.39 is 24.0 Å². The van der Waals surface area contributed by atoms with Crippen molar-refractivity contribution in [2.24, 2.45) is 5.92 Å². The standard InChI is InChI=1S/C23H29NO5/c1-16(2)12-21(25)22(26)24-20(23(27)28-3)14-18-10-7-11-19(13-18)29-15-17-8-5-4-6-9-17/h4-11,13,16,20-21,25H,12,14-15H2,1-3H3,(H,24,26)/t20-,21+/m1/s1. The number of ether oxygens (including phenoxy) is 2. The molecular weight excluding hydrogens is 370 g/mol. The summed E-state index contributed by atoms with van der Waals surface area (Å²) < 4.78 is 10.6. The van der Waals surface area contributed by atoms with Crippen LogP contribution in [-0.4, -0.2) is 36.2 Å². The molecule has 0 aliphatic heterocycles. The molecule has 0 heterocycles. The maximum atomic E-state index is 12.2. The van der Waals surface area contributed by atoms with E-state index in [4.69, 9.17) is 9.47 Å². The number of carbonyl (C=O) groups is 2. The lowest BCUT2D eigenvalue weighted by Gasteiger charge is -2.20. The summed E-state index contributed by atoms with van der Waals surface area (Å²) >= 11 is 0. The number of aliphatic hydroxyl groups is 1. The number of benzene rings is 2. The van der Waals surface area contributed by atoms with Crippen LogP contribution in [0.3, 0.4) is 0 Å². The zero-order valence-corrected chi connectivity index (χ0v) is 17.1. The lowest BCUT2D eigenvalue weighted by Crippen LogP contribution is -2.47. The number of hydrogen-bond acceptors (Lipinski definition) is 5. The Kier molecular flexibility index (Phi) is 8.68. The van der Waals surface area contributed by atoms with E-state index in [1.165, 1.54) is 7.11 Å². The van der Waals surface area contributed by atoms with E-state index in [1.54, 1.807) is 0 Å². The smallest absolute Gasteiger partial charge is 0.328 e.